The van der Waals surface area contributed by atoms with Crippen molar-refractivity contribution in [3.05, 3.63) is 56.7 Å². The summed E-state index contributed by atoms with van der Waals surface area (Å²) < 4.78 is 1.34. The summed E-state index contributed by atoms with van der Waals surface area (Å²) in [7, 11) is 0. The van der Waals surface area contributed by atoms with E-state index in [9.17, 15) is 14.4 Å². The van der Waals surface area contributed by atoms with Crippen LogP contribution < -0.4 is 27.2 Å². The van der Waals surface area contributed by atoms with Gasteiger partial charge in [-0.2, -0.15) is 0 Å². The molecule has 170 valence electrons. The zero-order valence-corrected chi connectivity index (χ0v) is 19.0. The van der Waals surface area contributed by atoms with Crippen molar-refractivity contribution in [1.29, 1.82) is 0 Å². The van der Waals surface area contributed by atoms with E-state index in [1.807, 2.05) is 58.0 Å². The first kappa shape index (κ1) is 24.4. The number of amides is 1. The molecule has 0 saturated heterocycles. The molecule has 4 N–H and O–H groups in total. The molecular formula is C23H35N5O3. The third kappa shape index (κ3) is 6.55. The molecule has 0 bridgehead atoms. The zero-order valence-electron chi connectivity index (χ0n) is 19.0. The molecule has 8 heteroatoms. The largest absolute Gasteiger partial charge is 0.383 e. The van der Waals surface area contributed by atoms with Crippen LogP contribution >= 0.6 is 0 Å². The second kappa shape index (κ2) is 11.5. The Morgan fingerprint density at radius 2 is 1.87 bits per heavy atom. The lowest BCUT2D eigenvalue weighted by atomic mass is 10.1. The third-order valence-electron chi connectivity index (χ3n) is 5.31. The van der Waals surface area contributed by atoms with Crippen LogP contribution in [-0.4, -0.2) is 28.5 Å². The molecule has 1 amide bonds. The van der Waals surface area contributed by atoms with Gasteiger partial charge in [-0.25, -0.2) is 4.79 Å². The van der Waals surface area contributed by atoms with Gasteiger partial charge in [0.25, 0.3) is 5.56 Å². The number of H-pyrrole nitrogens is 1. The Balaban J connectivity index is 2.32. The average molecular weight is 430 g/mol. The van der Waals surface area contributed by atoms with E-state index in [1.54, 1.807) is 0 Å². The fourth-order valence-electron chi connectivity index (χ4n) is 3.32. The van der Waals surface area contributed by atoms with Crippen molar-refractivity contribution >= 4 is 17.4 Å². The van der Waals surface area contributed by atoms with Gasteiger partial charge >= 0.3 is 5.69 Å². The molecule has 0 aliphatic rings. The van der Waals surface area contributed by atoms with Gasteiger partial charge in [0, 0.05) is 19.1 Å². The van der Waals surface area contributed by atoms with E-state index in [4.69, 9.17) is 5.73 Å². The normalized spacial score (nSPS) is 12.2. The van der Waals surface area contributed by atoms with Crippen molar-refractivity contribution < 1.29 is 4.79 Å². The van der Waals surface area contributed by atoms with E-state index in [1.165, 1.54) is 9.47 Å². The number of benzene rings is 1. The smallest absolute Gasteiger partial charge is 0.330 e. The Bertz CT molecular complexity index is 965. The number of rotatable bonds is 11. The fourth-order valence-corrected chi connectivity index (χ4v) is 3.32. The van der Waals surface area contributed by atoms with Crippen LogP contribution in [0.1, 0.15) is 58.6 Å². The van der Waals surface area contributed by atoms with E-state index in [0.717, 1.165) is 18.4 Å². The summed E-state index contributed by atoms with van der Waals surface area (Å²) >= 11 is 0. The number of aromatic amines is 1. The van der Waals surface area contributed by atoms with E-state index < -0.39 is 11.2 Å². The van der Waals surface area contributed by atoms with Crippen molar-refractivity contribution in [3.8, 4) is 0 Å². The standard InChI is InChI=1S/C23H35N5O3/c1-5-6-13-28-21(24)20(22(30)26-23(28)31)27(14-12-16(2)3)19(29)15-25-17(4)18-10-8-7-9-11-18/h7-11,16-17,25H,5-6,12-15,24H2,1-4H3,(H,26,30,31). The second-order valence-corrected chi connectivity index (χ2v) is 8.24. The highest BCUT2D eigenvalue weighted by atomic mass is 16.2. The first-order valence-corrected chi connectivity index (χ1v) is 11.0. The number of nitrogens with one attached hydrogen (secondary N) is 2. The molecule has 0 radical (unpaired) electrons. The minimum Gasteiger partial charge on any atom is -0.383 e. The van der Waals surface area contributed by atoms with Crippen molar-refractivity contribution in [2.24, 2.45) is 5.92 Å². The Morgan fingerprint density at radius 3 is 2.48 bits per heavy atom. The molecule has 0 spiro atoms. The van der Waals surface area contributed by atoms with Gasteiger partial charge in [0.15, 0.2) is 5.69 Å². The second-order valence-electron chi connectivity index (χ2n) is 8.24. The van der Waals surface area contributed by atoms with Gasteiger partial charge in [0.05, 0.1) is 6.54 Å². The molecule has 1 unspecified atom stereocenters. The topological polar surface area (TPSA) is 113 Å². The molecule has 2 aromatic rings. The van der Waals surface area contributed by atoms with Gasteiger partial charge in [0.1, 0.15) is 5.82 Å². The van der Waals surface area contributed by atoms with Crippen LogP contribution in [0.4, 0.5) is 11.5 Å². The number of anilines is 2. The molecule has 1 heterocycles. The molecule has 1 aromatic carbocycles. The summed E-state index contributed by atoms with van der Waals surface area (Å²) in [5.74, 6) is 0.106. The maximum atomic E-state index is 13.2. The molecule has 0 saturated carbocycles. The minimum absolute atomic E-state index is 0.0359. The van der Waals surface area contributed by atoms with E-state index in [2.05, 4.69) is 10.3 Å². The molecule has 0 aliphatic carbocycles. The maximum Gasteiger partial charge on any atom is 0.330 e. The molecular weight excluding hydrogens is 394 g/mol. The number of nitrogens with zero attached hydrogens (tertiary/aromatic N) is 2. The number of carbonyl (C=O) groups is 1. The van der Waals surface area contributed by atoms with Crippen molar-refractivity contribution in [2.75, 3.05) is 23.7 Å². The van der Waals surface area contributed by atoms with E-state index >= 15 is 0 Å². The Morgan fingerprint density at radius 1 is 1.19 bits per heavy atom. The third-order valence-corrected chi connectivity index (χ3v) is 5.31. The number of hydrogen-bond donors (Lipinski definition) is 3. The Kier molecular flexibility index (Phi) is 9.05. The zero-order chi connectivity index (χ0) is 23.0. The fraction of sp³-hybridized carbons (Fsp3) is 0.522. The van der Waals surface area contributed by atoms with Crippen LogP contribution in [0.5, 0.6) is 0 Å². The summed E-state index contributed by atoms with van der Waals surface area (Å²) in [6.45, 7) is 8.86. The summed E-state index contributed by atoms with van der Waals surface area (Å²) in [6.07, 6.45) is 2.32. The highest BCUT2D eigenvalue weighted by Crippen LogP contribution is 2.19. The summed E-state index contributed by atoms with van der Waals surface area (Å²) in [4.78, 5) is 41.9. The molecule has 1 atom stereocenters. The van der Waals surface area contributed by atoms with Crippen LogP contribution in [-0.2, 0) is 11.3 Å². The van der Waals surface area contributed by atoms with Crippen LogP contribution in [0.15, 0.2) is 39.9 Å². The van der Waals surface area contributed by atoms with Gasteiger partial charge in [-0.3, -0.25) is 19.1 Å². The molecule has 0 aliphatic heterocycles. The number of nitrogens with two attached hydrogens (primary N) is 1. The van der Waals surface area contributed by atoms with Gasteiger partial charge in [0.2, 0.25) is 5.91 Å². The highest BCUT2D eigenvalue weighted by molar-refractivity contribution is 5.96. The highest BCUT2D eigenvalue weighted by Gasteiger charge is 2.24. The van der Waals surface area contributed by atoms with Crippen molar-refractivity contribution in [1.82, 2.24) is 14.9 Å². The Labute approximate surface area is 183 Å². The number of nitrogen functional groups attached to an aromatic ring is 1. The first-order chi connectivity index (χ1) is 14.8. The minimum atomic E-state index is -0.636. The lowest BCUT2D eigenvalue weighted by Gasteiger charge is -2.26. The summed E-state index contributed by atoms with van der Waals surface area (Å²) in [5, 5.41) is 3.22. The van der Waals surface area contributed by atoms with Crippen LogP contribution in [0.2, 0.25) is 0 Å². The van der Waals surface area contributed by atoms with Crippen LogP contribution in [0.25, 0.3) is 0 Å². The number of aromatic nitrogens is 2. The molecule has 31 heavy (non-hydrogen) atoms. The lowest BCUT2D eigenvalue weighted by Crippen LogP contribution is -2.45. The Hall–Kier alpha value is -2.87. The number of carbonyl (C=O) groups excluding carboxylic acids is 1. The van der Waals surface area contributed by atoms with Crippen LogP contribution in [0, 0.1) is 5.92 Å². The predicted octanol–water partition coefficient (Wildman–Crippen LogP) is 2.65. The lowest BCUT2D eigenvalue weighted by molar-refractivity contribution is -0.118. The van der Waals surface area contributed by atoms with Gasteiger partial charge in [-0.1, -0.05) is 57.5 Å². The summed E-state index contributed by atoms with van der Waals surface area (Å²) in [5.41, 5.74) is 6.18. The first-order valence-electron chi connectivity index (χ1n) is 11.0. The monoisotopic (exact) mass is 429 g/mol. The SMILES string of the molecule is CCCCn1c(N)c(N(CCC(C)C)C(=O)CNC(C)c2ccccc2)c(=O)[nH]c1=O. The van der Waals surface area contributed by atoms with Gasteiger partial charge < -0.3 is 16.0 Å². The number of hydrogen-bond acceptors (Lipinski definition) is 5. The molecule has 8 nitrogen and oxygen atoms in total. The molecule has 1 aromatic heterocycles. The molecule has 0 fully saturated rings. The van der Waals surface area contributed by atoms with Crippen molar-refractivity contribution in [3.63, 3.8) is 0 Å². The van der Waals surface area contributed by atoms with Crippen LogP contribution in [0.3, 0.4) is 0 Å². The molecule has 2 rings (SSSR count). The van der Waals surface area contributed by atoms with E-state index in [-0.39, 0.29) is 30.0 Å². The average Bonchev–Trinajstić information content (AvgIpc) is 2.74. The maximum absolute atomic E-state index is 13.2. The van der Waals surface area contributed by atoms with Gasteiger partial charge in [-0.15, -0.1) is 0 Å². The predicted molar refractivity (Wildman–Crippen MR) is 125 cm³/mol. The quantitative estimate of drug-likeness (QED) is 0.508. The van der Waals surface area contributed by atoms with Gasteiger partial charge in [-0.05, 0) is 31.2 Å². The van der Waals surface area contributed by atoms with E-state index in [0.29, 0.717) is 25.4 Å². The number of unbranched alkanes of at least 4 members (excludes halogenated alkanes) is 1. The summed E-state index contributed by atoms with van der Waals surface area (Å²) in [6, 6.07) is 9.79. The van der Waals surface area contributed by atoms with Crippen molar-refractivity contribution in [2.45, 2.75) is 59.5 Å².